The predicted octanol–water partition coefficient (Wildman–Crippen LogP) is 5.94. The second-order valence-corrected chi connectivity index (χ2v) is 12.7. The molecule has 5 aromatic rings. The number of nitrogens with one attached hydrogen (secondary N) is 1. The standard InChI is InChI=1S/C38H40N4O6/c1-4-26-29(32-34(43)40(2)37(44)41(3)35(32)48-36(26)46-22-24-13-7-5-8-14-24)21-31-33-28(27-17-11-12-18-30(27)39-33)19-20-42(31)38(45)47-23-25-15-9-6-10-16-25/h5-18,26,29,31,36,39H,4,19-23H2,1-3H3/t26-,29+,31-,36-/m1/s1. The number of H-pyrrole nitrogens is 1. The zero-order valence-electron chi connectivity index (χ0n) is 27.4. The van der Waals surface area contributed by atoms with Crippen molar-refractivity contribution < 1.29 is 19.0 Å². The molecule has 1 N–H and O–H groups in total. The molecule has 0 fully saturated rings. The van der Waals surface area contributed by atoms with Gasteiger partial charge in [0.15, 0.2) is 0 Å². The van der Waals surface area contributed by atoms with Gasteiger partial charge in [0.05, 0.1) is 18.2 Å². The number of benzene rings is 3. The van der Waals surface area contributed by atoms with Crippen molar-refractivity contribution in [2.45, 2.75) is 57.6 Å². The first-order chi connectivity index (χ1) is 23.4. The smallest absolute Gasteiger partial charge is 0.410 e. The summed E-state index contributed by atoms with van der Waals surface area (Å²) in [6.07, 6.45) is 0.554. The number of aromatic amines is 1. The van der Waals surface area contributed by atoms with Gasteiger partial charge in [0.25, 0.3) is 5.56 Å². The normalized spacial score (nSPS) is 20.2. The number of carbonyl (C=O) groups is 1. The Hall–Kier alpha value is -5.09. The van der Waals surface area contributed by atoms with Crippen LogP contribution >= 0.6 is 0 Å². The number of hydrogen-bond donors (Lipinski definition) is 1. The minimum Gasteiger partial charge on any atom is -0.449 e. The molecular weight excluding hydrogens is 608 g/mol. The van der Waals surface area contributed by atoms with Gasteiger partial charge in [-0.1, -0.05) is 85.8 Å². The van der Waals surface area contributed by atoms with Gasteiger partial charge >= 0.3 is 11.8 Å². The molecule has 1 amide bonds. The highest BCUT2D eigenvalue weighted by Crippen LogP contribution is 2.47. The molecule has 4 atom stereocenters. The summed E-state index contributed by atoms with van der Waals surface area (Å²) in [5.74, 6) is -0.443. The summed E-state index contributed by atoms with van der Waals surface area (Å²) in [5.41, 5.74) is 4.52. The SMILES string of the molecule is CC[C@H]1[C@H](OCc2ccccc2)Oc2c(c(=O)n(C)c(=O)n2C)[C@H]1C[C@@H]1c2[nH]c3ccccc3c2CCN1C(=O)OCc1ccccc1. The third-order valence-corrected chi connectivity index (χ3v) is 9.91. The monoisotopic (exact) mass is 648 g/mol. The Kier molecular flexibility index (Phi) is 8.66. The van der Waals surface area contributed by atoms with Gasteiger partial charge in [-0.2, -0.15) is 0 Å². The lowest BCUT2D eigenvalue weighted by atomic mass is 9.77. The lowest BCUT2D eigenvalue weighted by molar-refractivity contribution is -0.146. The van der Waals surface area contributed by atoms with E-state index in [2.05, 4.69) is 18.0 Å². The second-order valence-electron chi connectivity index (χ2n) is 12.7. The number of nitrogens with zero attached hydrogens (tertiary/aromatic N) is 3. The summed E-state index contributed by atoms with van der Waals surface area (Å²) in [6, 6.07) is 27.2. The maximum atomic E-state index is 14.0. The Labute approximate surface area is 278 Å². The van der Waals surface area contributed by atoms with Crippen molar-refractivity contribution in [2.75, 3.05) is 6.54 Å². The molecule has 10 heteroatoms. The van der Waals surface area contributed by atoms with E-state index in [0.717, 1.165) is 37.9 Å². The number of amides is 1. The van der Waals surface area contributed by atoms with Gasteiger partial charge in [0.1, 0.15) is 6.61 Å². The predicted molar refractivity (Wildman–Crippen MR) is 182 cm³/mol. The molecule has 10 nitrogen and oxygen atoms in total. The fourth-order valence-electron chi connectivity index (χ4n) is 7.42. The number of fused-ring (bicyclic) bond motifs is 4. The molecular formula is C38H40N4O6. The molecule has 2 aliphatic rings. The minimum absolute atomic E-state index is 0.151. The van der Waals surface area contributed by atoms with E-state index in [4.69, 9.17) is 14.2 Å². The summed E-state index contributed by atoms with van der Waals surface area (Å²) < 4.78 is 21.3. The molecule has 0 unspecified atom stereocenters. The second kappa shape index (κ2) is 13.2. The molecule has 0 bridgehead atoms. The third-order valence-electron chi connectivity index (χ3n) is 9.91. The largest absolute Gasteiger partial charge is 0.449 e. The van der Waals surface area contributed by atoms with Crippen LogP contribution in [0.3, 0.4) is 0 Å². The number of para-hydroxylation sites is 1. The highest BCUT2D eigenvalue weighted by molar-refractivity contribution is 5.85. The Bertz CT molecular complexity index is 2050. The van der Waals surface area contributed by atoms with Crippen molar-refractivity contribution in [1.29, 1.82) is 0 Å². The quantitative estimate of drug-likeness (QED) is 0.223. The van der Waals surface area contributed by atoms with Gasteiger partial charge < -0.3 is 19.2 Å². The molecule has 0 aliphatic carbocycles. The van der Waals surface area contributed by atoms with Gasteiger partial charge in [0, 0.05) is 49.1 Å². The highest BCUT2D eigenvalue weighted by atomic mass is 16.7. The van der Waals surface area contributed by atoms with Crippen molar-refractivity contribution in [3.8, 4) is 5.88 Å². The van der Waals surface area contributed by atoms with Gasteiger partial charge in [0.2, 0.25) is 12.2 Å². The van der Waals surface area contributed by atoms with Crippen molar-refractivity contribution in [2.24, 2.45) is 20.0 Å². The summed E-state index contributed by atoms with van der Waals surface area (Å²) in [6.45, 7) is 2.96. The van der Waals surface area contributed by atoms with Crippen molar-refractivity contribution in [1.82, 2.24) is 19.0 Å². The van der Waals surface area contributed by atoms with E-state index >= 15 is 0 Å². The maximum Gasteiger partial charge on any atom is 0.410 e. The summed E-state index contributed by atoms with van der Waals surface area (Å²) in [7, 11) is 3.10. The van der Waals surface area contributed by atoms with Crippen molar-refractivity contribution in [3.05, 3.63) is 134 Å². The van der Waals surface area contributed by atoms with Gasteiger partial charge in [-0.15, -0.1) is 0 Å². The van der Waals surface area contributed by atoms with E-state index < -0.39 is 35.6 Å². The molecule has 7 rings (SSSR count). The number of aromatic nitrogens is 3. The molecule has 248 valence electrons. The van der Waals surface area contributed by atoms with Gasteiger partial charge in [-0.25, -0.2) is 9.59 Å². The minimum atomic E-state index is -0.727. The molecule has 2 aliphatic heterocycles. The first kappa shape index (κ1) is 31.5. The first-order valence-electron chi connectivity index (χ1n) is 16.5. The van der Waals surface area contributed by atoms with Crippen LogP contribution < -0.4 is 16.0 Å². The van der Waals surface area contributed by atoms with Crippen LogP contribution in [0.5, 0.6) is 5.88 Å². The summed E-state index contributed by atoms with van der Waals surface area (Å²) in [4.78, 5) is 46.4. The van der Waals surface area contributed by atoms with Crippen LogP contribution in [0.4, 0.5) is 4.79 Å². The van der Waals surface area contributed by atoms with E-state index in [1.54, 1.807) is 11.9 Å². The number of hydrogen-bond acceptors (Lipinski definition) is 6. The molecule has 0 saturated heterocycles. The first-order valence-corrected chi connectivity index (χ1v) is 16.5. The van der Waals surface area contributed by atoms with Crippen LogP contribution in [0.1, 0.15) is 59.7 Å². The average Bonchev–Trinajstić information content (AvgIpc) is 3.51. The van der Waals surface area contributed by atoms with Crippen LogP contribution in [0, 0.1) is 5.92 Å². The van der Waals surface area contributed by atoms with Gasteiger partial charge in [-0.3, -0.25) is 18.8 Å². The zero-order valence-corrected chi connectivity index (χ0v) is 27.4. The van der Waals surface area contributed by atoms with Crippen LogP contribution in [0.2, 0.25) is 0 Å². The topological polar surface area (TPSA) is 108 Å². The van der Waals surface area contributed by atoms with Crippen molar-refractivity contribution >= 4 is 17.0 Å². The molecule has 0 spiro atoms. The third kappa shape index (κ3) is 5.70. The Morgan fingerprint density at radius 3 is 2.27 bits per heavy atom. The molecule has 0 radical (unpaired) electrons. The highest BCUT2D eigenvalue weighted by Gasteiger charge is 2.45. The van der Waals surface area contributed by atoms with E-state index in [1.807, 2.05) is 78.9 Å². The van der Waals surface area contributed by atoms with E-state index in [1.165, 1.54) is 11.6 Å². The molecule has 0 saturated carbocycles. The van der Waals surface area contributed by atoms with E-state index in [-0.39, 0.29) is 18.4 Å². The lowest BCUT2D eigenvalue weighted by Crippen LogP contribution is -2.49. The van der Waals surface area contributed by atoms with Crippen LogP contribution in [-0.2, 0) is 43.2 Å². The fourth-order valence-corrected chi connectivity index (χ4v) is 7.42. The molecule has 4 heterocycles. The number of ether oxygens (including phenoxy) is 3. The average molecular weight is 649 g/mol. The van der Waals surface area contributed by atoms with Crippen molar-refractivity contribution in [3.63, 3.8) is 0 Å². The maximum absolute atomic E-state index is 14.0. The Balaban J connectivity index is 1.30. The molecule has 48 heavy (non-hydrogen) atoms. The molecule has 3 aromatic carbocycles. The summed E-state index contributed by atoms with van der Waals surface area (Å²) >= 11 is 0. The van der Waals surface area contributed by atoms with Gasteiger partial charge in [-0.05, 0) is 42.0 Å². The number of rotatable bonds is 8. The fraction of sp³-hybridized carbons (Fsp3) is 0.342. The van der Waals surface area contributed by atoms with E-state index in [0.29, 0.717) is 38.0 Å². The Morgan fingerprint density at radius 1 is 0.896 bits per heavy atom. The zero-order chi connectivity index (χ0) is 33.4. The number of carbonyl (C=O) groups excluding carboxylic acids is 1. The van der Waals surface area contributed by atoms with Crippen LogP contribution in [0.15, 0.2) is 94.5 Å². The summed E-state index contributed by atoms with van der Waals surface area (Å²) in [5, 5.41) is 1.12. The lowest BCUT2D eigenvalue weighted by Gasteiger charge is -2.42. The van der Waals surface area contributed by atoms with Crippen LogP contribution in [0.25, 0.3) is 10.9 Å². The molecule has 2 aromatic heterocycles. The Morgan fingerprint density at radius 2 is 1.56 bits per heavy atom. The van der Waals surface area contributed by atoms with E-state index in [9.17, 15) is 14.4 Å². The van der Waals surface area contributed by atoms with Crippen LogP contribution in [-0.4, -0.2) is 37.9 Å².